The first-order valence-corrected chi connectivity index (χ1v) is 8.44. The number of likely N-dealkylation sites (tertiary alicyclic amines) is 1. The summed E-state index contributed by atoms with van der Waals surface area (Å²) in [6.07, 6.45) is 4.79. The maximum atomic E-state index is 13.4. The van der Waals surface area contributed by atoms with Crippen LogP contribution in [-0.4, -0.2) is 31.1 Å². The van der Waals surface area contributed by atoms with E-state index in [4.69, 9.17) is 0 Å². The van der Waals surface area contributed by atoms with Crippen molar-refractivity contribution >= 4 is 0 Å². The van der Waals surface area contributed by atoms with Gasteiger partial charge in [-0.2, -0.15) is 0 Å². The van der Waals surface area contributed by atoms with E-state index in [0.717, 1.165) is 37.4 Å². The van der Waals surface area contributed by atoms with Gasteiger partial charge in [0, 0.05) is 12.6 Å². The number of halogens is 1. The van der Waals surface area contributed by atoms with E-state index in [-0.39, 0.29) is 11.9 Å². The van der Waals surface area contributed by atoms with Crippen molar-refractivity contribution in [2.75, 3.05) is 26.2 Å². The molecule has 0 bridgehead atoms. The van der Waals surface area contributed by atoms with Crippen LogP contribution in [0.2, 0.25) is 0 Å². The van der Waals surface area contributed by atoms with Gasteiger partial charge in [0.1, 0.15) is 5.82 Å². The Morgan fingerprint density at radius 2 is 2.24 bits per heavy atom. The topological polar surface area (TPSA) is 15.3 Å². The van der Waals surface area contributed by atoms with Gasteiger partial charge in [0.25, 0.3) is 0 Å². The van der Waals surface area contributed by atoms with Crippen molar-refractivity contribution in [1.29, 1.82) is 0 Å². The van der Waals surface area contributed by atoms with E-state index in [9.17, 15) is 4.39 Å². The molecule has 1 fully saturated rings. The Morgan fingerprint density at radius 3 is 2.90 bits per heavy atom. The van der Waals surface area contributed by atoms with Crippen LogP contribution < -0.4 is 5.32 Å². The van der Waals surface area contributed by atoms with Crippen LogP contribution in [0.5, 0.6) is 0 Å². The molecule has 0 aliphatic carbocycles. The first kappa shape index (κ1) is 16.4. The maximum absolute atomic E-state index is 13.4. The maximum Gasteiger partial charge on any atom is 0.123 e. The molecule has 0 radical (unpaired) electrons. The Labute approximate surface area is 128 Å². The number of hydrogen-bond acceptors (Lipinski definition) is 2. The van der Waals surface area contributed by atoms with Gasteiger partial charge >= 0.3 is 0 Å². The summed E-state index contributed by atoms with van der Waals surface area (Å²) in [6, 6.07) is 7.31. The molecule has 2 nitrogen and oxygen atoms in total. The highest BCUT2D eigenvalue weighted by Crippen LogP contribution is 2.22. The highest BCUT2D eigenvalue weighted by atomic mass is 19.1. The molecule has 2 atom stereocenters. The predicted octanol–water partition coefficient (Wildman–Crippen LogP) is 3.99. The van der Waals surface area contributed by atoms with Crippen LogP contribution >= 0.6 is 0 Å². The minimum Gasteiger partial charge on any atom is -0.310 e. The fourth-order valence-electron chi connectivity index (χ4n) is 3.19. The molecular weight excluding hydrogens is 263 g/mol. The Hall–Kier alpha value is -0.930. The van der Waals surface area contributed by atoms with Gasteiger partial charge in [0.15, 0.2) is 0 Å². The van der Waals surface area contributed by atoms with E-state index < -0.39 is 0 Å². The molecule has 1 aromatic carbocycles. The molecular formula is C18H29FN2. The lowest BCUT2D eigenvalue weighted by Crippen LogP contribution is -2.29. The van der Waals surface area contributed by atoms with E-state index >= 15 is 0 Å². The first-order valence-electron chi connectivity index (χ1n) is 8.44. The normalized spacial score (nSPS) is 20.8. The van der Waals surface area contributed by atoms with Gasteiger partial charge < -0.3 is 10.2 Å². The second-order valence-corrected chi connectivity index (χ2v) is 6.21. The van der Waals surface area contributed by atoms with Crippen LogP contribution in [0, 0.1) is 11.7 Å². The fourth-order valence-corrected chi connectivity index (χ4v) is 3.19. The second-order valence-electron chi connectivity index (χ2n) is 6.21. The first-order chi connectivity index (χ1) is 10.2. The van der Waals surface area contributed by atoms with Gasteiger partial charge in [-0.3, -0.25) is 0 Å². The Morgan fingerprint density at radius 1 is 1.38 bits per heavy atom. The SMILES string of the molecule is CCCNC(CCN1CCC(CC)C1)c1cccc(F)c1. The number of rotatable bonds is 8. The summed E-state index contributed by atoms with van der Waals surface area (Å²) in [6.45, 7) is 9.00. The monoisotopic (exact) mass is 292 g/mol. The quantitative estimate of drug-likeness (QED) is 0.779. The van der Waals surface area contributed by atoms with E-state index in [1.165, 1.54) is 32.0 Å². The van der Waals surface area contributed by atoms with Gasteiger partial charge in [-0.25, -0.2) is 4.39 Å². The molecule has 21 heavy (non-hydrogen) atoms. The average molecular weight is 292 g/mol. The zero-order valence-electron chi connectivity index (χ0n) is 13.4. The smallest absolute Gasteiger partial charge is 0.123 e. The zero-order valence-corrected chi connectivity index (χ0v) is 13.4. The number of hydrogen-bond donors (Lipinski definition) is 1. The highest BCUT2D eigenvalue weighted by molar-refractivity contribution is 5.20. The summed E-state index contributed by atoms with van der Waals surface area (Å²) in [4.78, 5) is 2.56. The summed E-state index contributed by atoms with van der Waals surface area (Å²) in [5, 5.41) is 3.57. The molecule has 0 spiro atoms. The van der Waals surface area contributed by atoms with E-state index in [1.54, 1.807) is 6.07 Å². The van der Waals surface area contributed by atoms with E-state index in [1.807, 2.05) is 12.1 Å². The minimum absolute atomic E-state index is 0.136. The van der Waals surface area contributed by atoms with Crippen molar-refractivity contribution in [3.8, 4) is 0 Å². The van der Waals surface area contributed by atoms with Crippen LogP contribution in [0.1, 0.15) is 51.1 Å². The predicted molar refractivity (Wildman–Crippen MR) is 86.9 cm³/mol. The summed E-state index contributed by atoms with van der Waals surface area (Å²) in [5.41, 5.74) is 1.08. The van der Waals surface area contributed by atoms with Crippen LogP contribution in [0.25, 0.3) is 0 Å². The molecule has 1 N–H and O–H groups in total. The molecule has 1 aliphatic rings. The molecule has 1 aliphatic heterocycles. The lowest BCUT2D eigenvalue weighted by Gasteiger charge is -2.23. The van der Waals surface area contributed by atoms with Crippen LogP contribution in [-0.2, 0) is 0 Å². The van der Waals surface area contributed by atoms with Crippen LogP contribution in [0.4, 0.5) is 4.39 Å². The lowest BCUT2D eigenvalue weighted by molar-refractivity contribution is 0.298. The van der Waals surface area contributed by atoms with Crippen molar-refractivity contribution in [2.24, 2.45) is 5.92 Å². The van der Waals surface area contributed by atoms with Gasteiger partial charge in [-0.1, -0.05) is 32.4 Å². The zero-order chi connectivity index (χ0) is 15.1. The van der Waals surface area contributed by atoms with E-state index in [0.29, 0.717) is 0 Å². The molecule has 2 rings (SSSR count). The summed E-state index contributed by atoms with van der Waals surface area (Å²) >= 11 is 0. The molecule has 0 saturated carbocycles. The lowest BCUT2D eigenvalue weighted by atomic mass is 10.0. The standard InChI is InChI=1S/C18H29FN2/c1-3-10-20-18(16-6-5-7-17(19)13-16)9-12-21-11-8-15(4-2)14-21/h5-7,13,15,18,20H,3-4,8-12,14H2,1-2H3. The average Bonchev–Trinajstić information content (AvgIpc) is 2.95. The summed E-state index contributed by atoms with van der Waals surface area (Å²) < 4.78 is 13.4. The molecule has 118 valence electrons. The third-order valence-electron chi connectivity index (χ3n) is 4.57. The van der Waals surface area contributed by atoms with Gasteiger partial charge in [-0.05, 0) is 62.5 Å². The van der Waals surface area contributed by atoms with Crippen molar-refractivity contribution in [2.45, 2.75) is 45.6 Å². The van der Waals surface area contributed by atoms with Gasteiger partial charge in [0.2, 0.25) is 0 Å². The molecule has 2 unspecified atom stereocenters. The van der Waals surface area contributed by atoms with Crippen LogP contribution in [0.3, 0.4) is 0 Å². The molecule has 0 amide bonds. The highest BCUT2D eigenvalue weighted by Gasteiger charge is 2.21. The summed E-state index contributed by atoms with van der Waals surface area (Å²) in [7, 11) is 0. The largest absolute Gasteiger partial charge is 0.310 e. The molecule has 0 aromatic heterocycles. The Balaban J connectivity index is 1.90. The molecule has 1 heterocycles. The number of nitrogens with one attached hydrogen (secondary N) is 1. The van der Waals surface area contributed by atoms with E-state index in [2.05, 4.69) is 24.1 Å². The molecule has 1 aromatic rings. The second kappa shape index (κ2) is 8.50. The van der Waals surface area contributed by atoms with Crippen molar-refractivity contribution in [3.63, 3.8) is 0 Å². The summed E-state index contributed by atoms with van der Waals surface area (Å²) in [5.74, 6) is 0.740. The van der Waals surface area contributed by atoms with Crippen molar-refractivity contribution < 1.29 is 4.39 Å². The third-order valence-corrected chi connectivity index (χ3v) is 4.57. The minimum atomic E-state index is -0.136. The molecule has 1 saturated heterocycles. The number of nitrogens with zero attached hydrogens (tertiary/aromatic N) is 1. The van der Waals surface area contributed by atoms with Gasteiger partial charge in [0.05, 0.1) is 0 Å². The third kappa shape index (κ3) is 5.08. The molecule has 3 heteroatoms. The Kier molecular flexibility index (Phi) is 6.65. The fraction of sp³-hybridized carbons (Fsp3) is 0.667. The van der Waals surface area contributed by atoms with Crippen LogP contribution in [0.15, 0.2) is 24.3 Å². The number of benzene rings is 1. The van der Waals surface area contributed by atoms with Gasteiger partial charge in [-0.15, -0.1) is 0 Å². The van der Waals surface area contributed by atoms with Crippen molar-refractivity contribution in [3.05, 3.63) is 35.6 Å². The van der Waals surface area contributed by atoms with Crippen molar-refractivity contribution in [1.82, 2.24) is 10.2 Å². The Bertz CT molecular complexity index is 421.